The first-order valence-corrected chi connectivity index (χ1v) is 8.40. The van der Waals surface area contributed by atoms with Crippen LogP contribution in [0.15, 0.2) is 42.5 Å². The average molecular weight is 374 g/mol. The molecule has 0 aliphatic heterocycles. The molecule has 0 bridgehead atoms. The van der Waals surface area contributed by atoms with Gasteiger partial charge in [0.15, 0.2) is 5.78 Å². The van der Waals surface area contributed by atoms with E-state index >= 15 is 0 Å². The number of nitro benzene ring substituents is 1. The van der Waals surface area contributed by atoms with Gasteiger partial charge in [-0.05, 0) is 42.8 Å². The fourth-order valence-corrected chi connectivity index (χ4v) is 2.28. The van der Waals surface area contributed by atoms with Crippen molar-refractivity contribution in [1.82, 2.24) is 0 Å². The molecule has 0 spiro atoms. The highest BCUT2D eigenvalue weighted by Gasteiger charge is 2.16. The van der Waals surface area contributed by atoms with Crippen molar-refractivity contribution in [3.63, 3.8) is 0 Å². The summed E-state index contributed by atoms with van der Waals surface area (Å²) in [7, 11) is 0. The highest BCUT2D eigenvalue weighted by molar-refractivity contribution is 6.00. The summed E-state index contributed by atoms with van der Waals surface area (Å²) in [5, 5.41) is 13.1. The molecule has 142 valence electrons. The molecule has 2 aromatic carbocycles. The largest absolute Gasteiger partial charge is 0.494 e. The summed E-state index contributed by atoms with van der Waals surface area (Å²) >= 11 is 0. The van der Waals surface area contributed by atoms with Crippen LogP contribution in [-0.2, 0) is 4.79 Å². The zero-order valence-corrected chi connectivity index (χ0v) is 14.7. The Morgan fingerprint density at radius 3 is 2.48 bits per heavy atom. The third-order valence-electron chi connectivity index (χ3n) is 3.65. The molecule has 7 nitrogen and oxygen atoms in total. The van der Waals surface area contributed by atoms with Gasteiger partial charge in [0.1, 0.15) is 5.75 Å². The van der Waals surface area contributed by atoms with Gasteiger partial charge in [0.25, 0.3) is 0 Å². The van der Waals surface area contributed by atoms with Crippen molar-refractivity contribution in [2.24, 2.45) is 0 Å². The molecule has 0 aromatic heterocycles. The van der Waals surface area contributed by atoms with Gasteiger partial charge in [-0.1, -0.05) is 6.92 Å². The second kappa shape index (κ2) is 9.42. The average Bonchev–Trinajstić information content (AvgIpc) is 2.66. The number of hydrogen-bond acceptors (Lipinski definition) is 5. The van der Waals surface area contributed by atoms with Crippen LogP contribution in [0.4, 0.5) is 15.8 Å². The monoisotopic (exact) mass is 374 g/mol. The second-order valence-electron chi connectivity index (χ2n) is 5.77. The van der Waals surface area contributed by atoms with Gasteiger partial charge in [-0.15, -0.1) is 0 Å². The van der Waals surface area contributed by atoms with Crippen molar-refractivity contribution < 1.29 is 23.6 Å². The number of Topliss-reactive ketones (excluding diaryl/α,β-unsaturated/α-hetero) is 1. The highest BCUT2D eigenvalue weighted by atomic mass is 19.1. The molecule has 0 fully saturated rings. The van der Waals surface area contributed by atoms with E-state index in [2.05, 4.69) is 5.32 Å². The number of benzene rings is 2. The number of rotatable bonds is 9. The molecule has 0 unspecified atom stereocenters. The summed E-state index contributed by atoms with van der Waals surface area (Å²) in [5.41, 5.74) is -0.170. The van der Waals surface area contributed by atoms with Gasteiger partial charge >= 0.3 is 5.69 Å². The molecular weight excluding hydrogens is 355 g/mol. The first kappa shape index (κ1) is 20.0. The second-order valence-corrected chi connectivity index (χ2v) is 5.77. The number of hydrogen-bond donors (Lipinski definition) is 1. The Morgan fingerprint density at radius 2 is 1.85 bits per heavy atom. The summed E-state index contributed by atoms with van der Waals surface area (Å²) in [6.45, 7) is 2.59. The van der Waals surface area contributed by atoms with Crippen LogP contribution in [0.3, 0.4) is 0 Å². The number of nitrogens with one attached hydrogen (secondary N) is 1. The Hall–Kier alpha value is -3.29. The van der Waals surface area contributed by atoms with E-state index in [1.54, 1.807) is 24.3 Å². The molecular formula is C19H19FN2O5. The van der Waals surface area contributed by atoms with Crippen molar-refractivity contribution in [2.75, 3.05) is 11.9 Å². The third kappa shape index (κ3) is 5.88. The van der Waals surface area contributed by atoms with Crippen LogP contribution in [0.1, 0.15) is 36.5 Å². The fourth-order valence-electron chi connectivity index (χ4n) is 2.28. The smallest absolute Gasteiger partial charge is 0.306 e. The summed E-state index contributed by atoms with van der Waals surface area (Å²) < 4.78 is 18.7. The van der Waals surface area contributed by atoms with Crippen molar-refractivity contribution >= 4 is 23.1 Å². The molecule has 8 heteroatoms. The maximum atomic E-state index is 13.3. The maximum Gasteiger partial charge on any atom is 0.306 e. The molecule has 2 rings (SSSR count). The fraction of sp³-hybridized carbons (Fsp3) is 0.263. The van der Waals surface area contributed by atoms with Gasteiger partial charge in [0, 0.05) is 30.2 Å². The Balaban J connectivity index is 1.88. The number of amides is 1. The summed E-state index contributed by atoms with van der Waals surface area (Å²) in [6, 6.07) is 9.71. The van der Waals surface area contributed by atoms with Gasteiger partial charge in [0.05, 0.1) is 11.5 Å². The van der Waals surface area contributed by atoms with Crippen molar-refractivity contribution in [2.45, 2.75) is 26.2 Å². The van der Waals surface area contributed by atoms with Crippen LogP contribution in [0.25, 0.3) is 0 Å². The van der Waals surface area contributed by atoms with Crippen LogP contribution in [0.5, 0.6) is 5.75 Å². The molecule has 0 saturated heterocycles. The molecule has 0 aliphatic rings. The van der Waals surface area contributed by atoms with Crippen molar-refractivity contribution in [3.05, 3.63) is 64.0 Å². The lowest BCUT2D eigenvalue weighted by Crippen LogP contribution is -2.13. The molecule has 0 saturated carbocycles. The summed E-state index contributed by atoms with van der Waals surface area (Å²) in [4.78, 5) is 33.9. The number of ether oxygens (including phenoxy) is 1. The molecule has 0 heterocycles. The van der Waals surface area contributed by atoms with Gasteiger partial charge in [-0.2, -0.15) is 4.39 Å². The Bertz CT molecular complexity index is 836. The Morgan fingerprint density at radius 1 is 1.15 bits per heavy atom. The predicted molar refractivity (Wildman–Crippen MR) is 97.5 cm³/mol. The van der Waals surface area contributed by atoms with Crippen LogP contribution < -0.4 is 10.1 Å². The lowest BCUT2D eigenvalue weighted by atomic mass is 10.1. The van der Waals surface area contributed by atoms with Gasteiger partial charge in [0.2, 0.25) is 11.7 Å². The van der Waals surface area contributed by atoms with Crippen molar-refractivity contribution in [1.29, 1.82) is 0 Å². The van der Waals surface area contributed by atoms with E-state index in [1.807, 2.05) is 6.92 Å². The maximum absolute atomic E-state index is 13.3. The zero-order chi connectivity index (χ0) is 19.8. The number of ketones is 1. The minimum Gasteiger partial charge on any atom is -0.494 e. The minimum atomic E-state index is -0.987. The number of nitro groups is 1. The number of carbonyl (C=O) groups excluding carboxylic acids is 2. The van der Waals surface area contributed by atoms with Gasteiger partial charge in [-0.25, -0.2) is 0 Å². The lowest BCUT2D eigenvalue weighted by Gasteiger charge is -2.07. The predicted octanol–water partition coefficient (Wildman–Crippen LogP) is 4.12. The summed E-state index contributed by atoms with van der Waals surface area (Å²) in [6.07, 6.45) is 0.759. The topological polar surface area (TPSA) is 98.5 Å². The van der Waals surface area contributed by atoms with E-state index in [4.69, 9.17) is 4.74 Å². The first-order chi connectivity index (χ1) is 12.9. The molecule has 0 aliphatic carbocycles. The SMILES string of the molecule is CCCOc1ccc(C(=O)CCC(=O)Nc2ccc(F)c([N+](=O)[O-])c2)cc1. The van der Waals surface area contributed by atoms with Crippen LogP contribution in [0, 0.1) is 15.9 Å². The summed E-state index contributed by atoms with van der Waals surface area (Å²) in [5.74, 6) is -1.02. The molecule has 0 atom stereocenters. The Labute approximate surface area is 155 Å². The number of carbonyl (C=O) groups is 2. The Kier molecular flexibility index (Phi) is 6.99. The highest BCUT2D eigenvalue weighted by Crippen LogP contribution is 2.22. The molecule has 0 radical (unpaired) electrons. The molecule has 1 amide bonds. The van der Waals surface area contributed by atoms with Crippen LogP contribution in [0.2, 0.25) is 0 Å². The van der Waals surface area contributed by atoms with E-state index in [0.717, 1.165) is 18.6 Å². The molecule has 27 heavy (non-hydrogen) atoms. The zero-order valence-electron chi connectivity index (χ0n) is 14.7. The van der Waals surface area contributed by atoms with Gasteiger partial charge < -0.3 is 10.1 Å². The normalized spacial score (nSPS) is 10.3. The third-order valence-corrected chi connectivity index (χ3v) is 3.65. The lowest BCUT2D eigenvalue weighted by molar-refractivity contribution is -0.387. The minimum absolute atomic E-state index is 0.0235. The van der Waals surface area contributed by atoms with Crippen LogP contribution >= 0.6 is 0 Å². The number of nitrogens with zero attached hydrogens (tertiary/aromatic N) is 1. The van der Waals surface area contributed by atoms with E-state index in [0.29, 0.717) is 17.9 Å². The van der Waals surface area contributed by atoms with Gasteiger partial charge in [-0.3, -0.25) is 19.7 Å². The van der Waals surface area contributed by atoms with Crippen LogP contribution in [-0.4, -0.2) is 23.2 Å². The van der Waals surface area contributed by atoms with Crippen molar-refractivity contribution in [3.8, 4) is 5.75 Å². The first-order valence-electron chi connectivity index (χ1n) is 8.40. The number of anilines is 1. The standard InChI is InChI=1S/C19H19FN2O5/c1-2-11-27-15-6-3-13(4-7-15)18(23)9-10-19(24)21-14-5-8-16(20)17(12-14)22(25)26/h3-8,12H,2,9-11H2,1H3,(H,21,24). The van der Waals surface area contributed by atoms with E-state index in [9.17, 15) is 24.1 Å². The molecule has 1 N–H and O–H groups in total. The molecule has 2 aromatic rings. The number of halogens is 1. The van der Waals surface area contributed by atoms with E-state index in [1.165, 1.54) is 6.07 Å². The van der Waals surface area contributed by atoms with E-state index in [-0.39, 0.29) is 24.3 Å². The quantitative estimate of drug-likeness (QED) is 0.404. The van der Waals surface area contributed by atoms with E-state index < -0.39 is 22.3 Å².